The van der Waals surface area contributed by atoms with E-state index in [4.69, 9.17) is 23.2 Å². The standard InChI is InChI=1S/C23H16Cl2N6O/c24-15-2-4-20-18(8-15)21(31-30-20)12-28-23(32)22-11-26-10-17(29-22)6-13-1-3-19-14(5-13)7-16(25)9-27-19/h1-5,7-11H,6,12H2,(H,28,32)(H,30,31). The zero-order valence-corrected chi connectivity index (χ0v) is 18.2. The van der Waals surface area contributed by atoms with Crippen molar-refractivity contribution in [1.29, 1.82) is 0 Å². The monoisotopic (exact) mass is 462 g/mol. The number of rotatable bonds is 5. The van der Waals surface area contributed by atoms with Crippen LogP contribution < -0.4 is 5.32 Å². The first-order valence-corrected chi connectivity index (χ1v) is 10.6. The van der Waals surface area contributed by atoms with Gasteiger partial charge in [0.05, 0.1) is 40.2 Å². The average Bonchev–Trinajstić information content (AvgIpc) is 3.19. The normalized spacial score (nSPS) is 11.2. The topological polar surface area (TPSA) is 96.5 Å². The van der Waals surface area contributed by atoms with Gasteiger partial charge in [0, 0.05) is 34.6 Å². The highest BCUT2D eigenvalue weighted by Crippen LogP contribution is 2.21. The fraction of sp³-hybridized carbons (Fsp3) is 0.0870. The fourth-order valence-corrected chi connectivity index (χ4v) is 3.84. The van der Waals surface area contributed by atoms with Crippen molar-refractivity contribution >= 4 is 50.9 Å². The van der Waals surface area contributed by atoms with Crippen LogP contribution in [-0.2, 0) is 13.0 Å². The molecule has 7 nitrogen and oxygen atoms in total. The molecule has 158 valence electrons. The Hall–Kier alpha value is -3.55. The lowest BCUT2D eigenvalue weighted by atomic mass is 10.1. The van der Waals surface area contributed by atoms with E-state index < -0.39 is 0 Å². The highest BCUT2D eigenvalue weighted by molar-refractivity contribution is 6.31. The zero-order chi connectivity index (χ0) is 22.1. The summed E-state index contributed by atoms with van der Waals surface area (Å²) in [7, 11) is 0. The minimum Gasteiger partial charge on any atom is -0.345 e. The summed E-state index contributed by atoms with van der Waals surface area (Å²) in [6.07, 6.45) is 5.25. The molecule has 32 heavy (non-hydrogen) atoms. The number of carbonyl (C=O) groups is 1. The molecule has 5 rings (SSSR count). The van der Waals surface area contributed by atoms with Gasteiger partial charge in [-0.05, 0) is 42.0 Å². The Labute approximate surface area is 192 Å². The second kappa shape index (κ2) is 8.53. The van der Waals surface area contributed by atoms with Gasteiger partial charge in [-0.1, -0.05) is 29.3 Å². The second-order valence-corrected chi connectivity index (χ2v) is 8.17. The van der Waals surface area contributed by atoms with Crippen molar-refractivity contribution < 1.29 is 4.79 Å². The van der Waals surface area contributed by atoms with E-state index in [1.165, 1.54) is 6.20 Å². The number of benzene rings is 2. The summed E-state index contributed by atoms with van der Waals surface area (Å²) in [5, 5.41) is 13.0. The highest BCUT2D eigenvalue weighted by Gasteiger charge is 2.12. The Morgan fingerprint density at radius 1 is 1.00 bits per heavy atom. The predicted molar refractivity (Wildman–Crippen MR) is 124 cm³/mol. The maximum Gasteiger partial charge on any atom is 0.271 e. The van der Waals surface area contributed by atoms with Crippen molar-refractivity contribution in [1.82, 2.24) is 30.5 Å². The summed E-state index contributed by atoms with van der Waals surface area (Å²) in [6, 6.07) is 13.2. The van der Waals surface area contributed by atoms with Crippen LogP contribution in [0.3, 0.4) is 0 Å². The summed E-state index contributed by atoms with van der Waals surface area (Å²) in [4.78, 5) is 25.6. The van der Waals surface area contributed by atoms with Crippen LogP contribution in [0.4, 0.5) is 0 Å². The van der Waals surface area contributed by atoms with Gasteiger partial charge in [0.25, 0.3) is 5.91 Å². The van der Waals surface area contributed by atoms with Crippen molar-refractivity contribution in [3.8, 4) is 0 Å². The quantitative estimate of drug-likeness (QED) is 0.393. The molecule has 9 heteroatoms. The number of halogens is 2. The molecule has 0 atom stereocenters. The number of hydrogen-bond acceptors (Lipinski definition) is 5. The number of nitrogens with one attached hydrogen (secondary N) is 2. The van der Waals surface area contributed by atoms with E-state index >= 15 is 0 Å². The van der Waals surface area contributed by atoms with Crippen LogP contribution in [0.15, 0.2) is 61.1 Å². The molecule has 0 radical (unpaired) electrons. The van der Waals surface area contributed by atoms with Gasteiger partial charge in [-0.2, -0.15) is 5.10 Å². The second-order valence-electron chi connectivity index (χ2n) is 7.30. The summed E-state index contributed by atoms with van der Waals surface area (Å²) in [5.74, 6) is -0.327. The molecule has 3 aromatic heterocycles. The summed E-state index contributed by atoms with van der Waals surface area (Å²) < 4.78 is 0. The first-order chi connectivity index (χ1) is 15.5. The number of aromatic nitrogens is 5. The van der Waals surface area contributed by atoms with Crippen molar-refractivity contribution in [2.75, 3.05) is 0 Å². The van der Waals surface area contributed by atoms with E-state index in [-0.39, 0.29) is 18.1 Å². The Kier molecular flexibility index (Phi) is 5.43. The lowest BCUT2D eigenvalue weighted by Gasteiger charge is -2.06. The third-order valence-electron chi connectivity index (χ3n) is 5.03. The van der Waals surface area contributed by atoms with Gasteiger partial charge >= 0.3 is 0 Å². The number of aromatic amines is 1. The number of carbonyl (C=O) groups excluding carboxylic acids is 1. The van der Waals surface area contributed by atoms with Crippen molar-refractivity contribution in [3.05, 3.63) is 93.7 Å². The van der Waals surface area contributed by atoms with Crippen LogP contribution in [-0.4, -0.2) is 31.1 Å². The van der Waals surface area contributed by atoms with E-state index in [0.717, 1.165) is 27.4 Å². The molecule has 0 aliphatic carbocycles. The molecule has 0 fully saturated rings. The molecule has 1 amide bonds. The van der Waals surface area contributed by atoms with Gasteiger partial charge in [0.2, 0.25) is 0 Å². The van der Waals surface area contributed by atoms with Crippen LogP contribution in [0.1, 0.15) is 27.4 Å². The lowest BCUT2D eigenvalue weighted by Crippen LogP contribution is -2.24. The number of hydrogen-bond donors (Lipinski definition) is 2. The van der Waals surface area contributed by atoms with Crippen molar-refractivity contribution in [2.24, 2.45) is 0 Å². The van der Waals surface area contributed by atoms with Gasteiger partial charge in [-0.3, -0.25) is 19.9 Å². The molecule has 0 saturated carbocycles. The molecular formula is C23H16Cl2N6O. The van der Waals surface area contributed by atoms with Crippen LogP contribution >= 0.6 is 23.2 Å². The Bertz CT molecular complexity index is 1470. The van der Waals surface area contributed by atoms with E-state index in [1.54, 1.807) is 18.5 Å². The maximum atomic E-state index is 12.7. The van der Waals surface area contributed by atoms with Crippen molar-refractivity contribution in [3.63, 3.8) is 0 Å². The number of H-pyrrole nitrogens is 1. The molecular weight excluding hydrogens is 447 g/mol. The van der Waals surface area contributed by atoms with E-state index in [2.05, 4.69) is 30.5 Å². The minimum atomic E-state index is -0.327. The lowest BCUT2D eigenvalue weighted by molar-refractivity contribution is 0.0945. The van der Waals surface area contributed by atoms with Gasteiger partial charge in [-0.15, -0.1) is 0 Å². The number of amides is 1. The minimum absolute atomic E-state index is 0.240. The fourth-order valence-electron chi connectivity index (χ4n) is 3.50. The van der Waals surface area contributed by atoms with E-state index in [9.17, 15) is 4.79 Å². The average molecular weight is 463 g/mol. The Balaban J connectivity index is 1.31. The van der Waals surface area contributed by atoms with Gasteiger partial charge in [-0.25, -0.2) is 4.98 Å². The summed E-state index contributed by atoms with van der Waals surface area (Å²) in [6.45, 7) is 0.240. The number of pyridine rings is 1. The molecule has 0 spiro atoms. The molecule has 0 bridgehead atoms. The SMILES string of the molecule is O=C(NCc1n[nH]c2ccc(Cl)cc12)c1cncc(Cc2ccc3ncc(Cl)cc3c2)n1. The third-order valence-corrected chi connectivity index (χ3v) is 5.48. The molecule has 0 unspecified atom stereocenters. The molecule has 0 aliphatic heterocycles. The number of nitrogens with zero attached hydrogens (tertiary/aromatic N) is 4. The summed E-state index contributed by atoms with van der Waals surface area (Å²) >= 11 is 12.1. The molecule has 3 heterocycles. The zero-order valence-electron chi connectivity index (χ0n) is 16.6. The molecule has 2 aromatic carbocycles. The van der Waals surface area contributed by atoms with Crippen LogP contribution in [0, 0.1) is 0 Å². The number of fused-ring (bicyclic) bond motifs is 2. The molecule has 5 aromatic rings. The molecule has 0 saturated heterocycles. The Morgan fingerprint density at radius 2 is 1.91 bits per heavy atom. The Morgan fingerprint density at radius 3 is 2.81 bits per heavy atom. The van der Waals surface area contributed by atoms with Gasteiger partial charge in [0.1, 0.15) is 5.69 Å². The van der Waals surface area contributed by atoms with Gasteiger partial charge in [0.15, 0.2) is 0 Å². The van der Waals surface area contributed by atoms with Crippen LogP contribution in [0.2, 0.25) is 10.0 Å². The van der Waals surface area contributed by atoms with Crippen LogP contribution in [0.25, 0.3) is 21.8 Å². The largest absolute Gasteiger partial charge is 0.345 e. The highest BCUT2D eigenvalue weighted by atomic mass is 35.5. The van der Waals surface area contributed by atoms with Crippen LogP contribution in [0.5, 0.6) is 0 Å². The molecule has 0 aliphatic rings. The van der Waals surface area contributed by atoms with E-state index in [1.807, 2.05) is 36.4 Å². The first kappa shape index (κ1) is 20.4. The summed E-state index contributed by atoms with van der Waals surface area (Å²) in [5.41, 5.74) is 4.36. The third kappa shape index (κ3) is 4.26. The predicted octanol–water partition coefficient (Wildman–Crippen LogP) is 4.73. The van der Waals surface area contributed by atoms with Gasteiger partial charge < -0.3 is 5.32 Å². The first-order valence-electron chi connectivity index (χ1n) is 9.81. The van der Waals surface area contributed by atoms with E-state index in [0.29, 0.717) is 27.9 Å². The smallest absolute Gasteiger partial charge is 0.271 e. The molecule has 2 N–H and O–H groups in total. The van der Waals surface area contributed by atoms with Crippen molar-refractivity contribution in [2.45, 2.75) is 13.0 Å². The maximum absolute atomic E-state index is 12.7.